The molecule has 1 aliphatic heterocycles. The quantitative estimate of drug-likeness (QED) is 0.855. The van der Waals surface area contributed by atoms with E-state index in [-0.39, 0.29) is 11.2 Å². The Morgan fingerprint density at radius 1 is 1.38 bits per heavy atom. The van der Waals surface area contributed by atoms with Crippen molar-refractivity contribution < 1.29 is 9.15 Å². The Morgan fingerprint density at radius 3 is 2.62 bits per heavy atom. The first-order valence-corrected chi connectivity index (χ1v) is 5.84. The molecule has 1 unspecified atom stereocenters. The van der Waals surface area contributed by atoms with Crippen LogP contribution in [0.25, 0.3) is 0 Å². The zero-order chi connectivity index (χ0) is 11.8. The number of hydrogen-bond donors (Lipinski definition) is 1. The van der Waals surface area contributed by atoms with Crippen molar-refractivity contribution in [2.75, 3.05) is 0 Å². The largest absolute Gasteiger partial charge is 0.472 e. The third-order valence-electron chi connectivity index (χ3n) is 3.21. The van der Waals surface area contributed by atoms with E-state index in [0.29, 0.717) is 6.04 Å². The maximum atomic E-state index is 6.03. The van der Waals surface area contributed by atoms with Gasteiger partial charge in [0.25, 0.3) is 0 Å². The van der Waals surface area contributed by atoms with Crippen LogP contribution in [0, 0.1) is 0 Å². The highest BCUT2D eigenvalue weighted by Gasteiger charge is 2.45. The van der Waals surface area contributed by atoms with Crippen molar-refractivity contribution in [2.24, 2.45) is 0 Å². The molecule has 16 heavy (non-hydrogen) atoms. The van der Waals surface area contributed by atoms with Gasteiger partial charge in [0.05, 0.1) is 23.7 Å². The van der Waals surface area contributed by atoms with Crippen LogP contribution in [0.3, 0.4) is 0 Å². The summed E-state index contributed by atoms with van der Waals surface area (Å²) in [6.45, 7) is 9.43. The summed E-state index contributed by atoms with van der Waals surface area (Å²) in [7, 11) is 0. The summed E-state index contributed by atoms with van der Waals surface area (Å²) in [4.78, 5) is 0. The van der Waals surface area contributed by atoms with Crippen LogP contribution in [0.1, 0.15) is 39.7 Å². The summed E-state index contributed by atoms with van der Waals surface area (Å²) >= 11 is 0. The molecule has 1 fully saturated rings. The Hall–Kier alpha value is -0.800. The molecule has 90 valence electrons. The van der Waals surface area contributed by atoms with Gasteiger partial charge in [0.1, 0.15) is 0 Å². The molecule has 1 N–H and O–H groups in total. The normalized spacial score (nSPS) is 27.1. The molecule has 0 aromatic carbocycles. The predicted molar refractivity (Wildman–Crippen MR) is 63.2 cm³/mol. The van der Waals surface area contributed by atoms with Gasteiger partial charge in [0.15, 0.2) is 0 Å². The third kappa shape index (κ3) is 2.47. The van der Waals surface area contributed by atoms with Crippen molar-refractivity contribution in [3.05, 3.63) is 24.2 Å². The number of hydrogen-bond acceptors (Lipinski definition) is 3. The van der Waals surface area contributed by atoms with E-state index in [0.717, 1.165) is 13.0 Å². The molecule has 2 heterocycles. The summed E-state index contributed by atoms with van der Waals surface area (Å²) in [5.74, 6) is 0. The first kappa shape index (κ1) is 11.7. The molecule has 0 spiro atoms. The minimum Gasteiger partial charge on any atom is -0.472 e. The van der Waals surface area contributed by atoms with Gasteiger partial charge in [-0.3, -0.25) is 0 Å². The highest BCUT2D eigenvalue weighted by atomic mass is 16.5. The molecule has 1 aromatic heterocycles. The van der Waals surface area contributed by atoms with Crippen LogP contribution < -0.4 is 5.32 Å². The van der Waals surface area contributed by atoms with E-state index in [1.165, 1.54) is 5.56 Å². The van der Waals surface area contributed by atoms with Gasteiger partial charge in [-0.05, 0) is 40.2 Å². The van der Waals surface area contributed by atoms with Crippen molar-refractivity contribution in [1.82, 2.24) is 5.32 Å². The van der Waals surface area contributed by atoms with Gasteiger partial charge in [-0.25, -0.2) is 0 Å². The van der Waals surface area contributed by atoms with Crippen LogP contribution in [0.15, 0.2) is 23.0 Å². The van der Waals surface area contributed by atoms with Crippen LogP contribution in [-0.2, 0) is 11.3 Å². The maximum Gasteiger partial charge on any atom is 0.0947 e. The second-order valence-electron chi connectivity index (χ2n) is 5.73. The second kappa shape index (κ2) is 3.90. The molecule has 0 amide bonds. The fourth-order valence-corrected chi connectivity index (χ4v) is 2.51. The molecule has 2 rings (SSSR count). The lowest BCUT2D eigenvalue weighted by Gasteiger charge is -2.27. The van der Waals surface area contributed by atoms with E-state index in [1.54, 1.807) is 12.5 Å². The molecule has 1 aliphatic rings. The lowest BCUT2D eigenvalue weighted by molar-refractivity contribution is -0.0699. The van der Waals surface area contributed by atoms with E-state index >= 15 is 0 Å². The SMILES string of the molecule is CC1(C)CC(NCc2ccoc2)C(C)(C)O1. The summed E-state index contributed by atoms with van der Waals surface area (Å²) in [6.07, 6.45) is 4.52. The first-order chi connectivity index (χ1) is 7.39. The average molecular weight is 223 g/mol. The van der Waals surface area contributed by atoms with Gasteiger partial charge < -0.3 is 14.5 Å². The van der Waals surface area contributed by atoms with Crippen molar-refractivity contribution >= 4 is 0 Å². The van der Waals surface area contributed by atoms with E-state index in [4.69, 9.17) is 9.15 Å². The van der Waals surface area contributed by atoms with Gasteiger partial charge in [0, 0.05) is 18.2 Å². The van der Waals surface area contributed by atoms with Gasteiger partial charge in [-0.15, -0.1) is 0 Å². The van der Waals surface area contributed by atoms with E-state index in [1.807, 2.05) is 6.07 Å². The van der Waals surface area contributed by atoms with Crippen molar-refractivity contribution in [1.29, 1.82) is 0 Å². The molecule has 3 nitrogen and oxygen atoms in total. The van der Waals surface area contributed by atoms with Gasteiger partial charge in [0.2, 0.25) is 0 Å². The number of ether oxygens (including phenoxy) is 1. The molecule has 0 aliphatic carbocycles. The lowest BCUT2D eigenvalue weighted by Crippen LogP contribution is -2.42. The van der Waals surface area contributed by atoms with Crippen LogP contribution in [0.5, 0.6) is 0 Å². The Labute approximate surface area is 97.2 Å². The van der Waals surface area contributed by atoms with Crippen LogP contribution in [-0.4, -0.2) is 17.2 Å². The molecule has 0 bridgehead atoms. The highest BCUT2D eigenvalue weighted by molar-refractivity contribution is 5.06. The zero-order valence-corrected chi connectivity index (χ0v) is 10.5. The van der Waals surface area contributed by atoms with Crippen LogP contribution >= 0.6 is 0 Å². The summed E-state index contributed by atoms with van der Waals surface area (Å²) in [6, 6.07) is 2.37. The average Bonchev–Trinajstić information content (AvgIpc) is 2.67. The highest BCUT2D eigenvalue weighted by Crippen LogP contribution is 2.37. The van der Waals surface area contributed by atoms with E-state index < -0.39 is 0 Å². The Balaban J connectivity index is 1.95. The summed E-state index contributed by atoms with van der Waals surface area (Å²) in [5.41, 5.74) is 1.05. The molecular weight excluding hydrogens is 202 g/mol. The number of nitrogens with one attached hydrogen (secondary N) is 1. The van der Waals surface area contributed by atoms with Crippen molar-refractivity contribution in [2.45, 2.75) is 57.9 Å². The smallest absolute Gasteiger partial charge is 0.0947 e. The molecule has 0 radical (unpaired) electrons. The molecular formula is C13H21NO2. The fraction of sp³-hybridized carbons (Fsp3) is 0.692. The fourth-order valence-electron chi connectivity index (χ4n) is 2.51. The molecule has 1 aromatic rings. The lowest BCUT2D eigenvalue weighted by atomic mass is 9.94. The first-order valence-electron chi connectivity index (χ1n) is 5.84. The third-order valence-corrected chi connectivity index (χ3v) is 3.21. The van der Waals surface area contributed by atoms with Crippen LogP contribution in [0.4, 0.5) is 0 Å². The standard InChI is InChI=1S/C13H21NO2/c1-12(2)7-11(13(3,4)16-12)14-8-10-5-6-15-9-10/h5-6,9,11,14H,7-8H2,1-4H3. The molecule has 0 saturated carbocycles. The molecule has 3 heteroatoms. The van der Waals surface area contributed by atoms with Crippen molar-refractivity contribution in [3.8, 4) is 0 Å². The minimum atomic E-state index is -0.104. The summed E-state index contributed by atoms with van der Waals surface area (Å²) in [5, 5.41) is 3.54. The van der Waals surface area contributed by atoms with Gasteiger partial charge in [-0.2, -0.15) is 0 Å². The van der Waals surface area contributed by atoms with Gasteiger partial charge in [-0.1, -0.05) is 0 Å². The van der Waals surface area contributed by atoms with E-state index in [2.05, 4.69) is 33.0 Å². The van der Waals surface area contributed by atoms with Crippen LogP contribution in [0.2, 0.25) is 0 Å². The van der Waals surface area contributed by atoms with Gasteiger partial charge >= 0.3 is 0 Å². The monoisotopic (exact) mass is 223 g/mol. The predicted octanol–water partition coefficient (Wildman–Crippen LogP) is 2.72. The number of furan rings is 1. The Bertz CT molecular complexity index is 341. The summed E-state index contributed by atoms with van der Waals surface area (Å²) < 4.78 is 11.1. The molecule has 1 saturated heterocycles. The topological polar surface area (TPSA) is 34.4 Å². The maximum absolute atomic E-state index is 6.03. The van der Waals surface area contributed by atoms with E-state index in [9.17, 15) is 0 Å². The van der Waals surface area contributed by atoms with Crippen molar-refractivity contribution in [3.63, 3.8) is 0 Å². The second-order valence-corrected chi connectivity index (χ2v) is 5.73. The Morgan fingerprint density at radius 2 is 2.12 bits per heavy atom. The number of rotatable bonds is 3. The zero-order valence-electron chi connectivity index (χ0n) is 10.5. The molecule has 1 atom stereocenters. The minimum absolute atomic E-state index is 0.0302. The Kier molecular flexibility index (Phi) is 2.84.